The van der Waals surface area contributed by atoms with E-state index in [1.54, 1.807) is 0 Å². The van der Waals surface area contributed by atoms with Gasteiger partial charge >= 0.3 is 0 Å². The number of nitrogens with zero attached hydrogens (tertiary/aromatic N) is 1. The normalized spacial score (nSPS) is 18.6. The van der Waals surface area contributed by atoms with Gasteiger partial charge in [-0.1, -0.05) is 67.6 Å². The molecule has 1 saturated heterocycles. The number of benzene rings is 2. The predicted molar refractivity (Wildman–Crippen MR) is 122 cm³/mol. The molecule has 1 fully saturated rings. The number of carbonyl (C=O) groups excluding carboxylic acids is 2. The highest BCUT2D eigenvalue weighted by Gasteiger charge is 2.40. The summed E-state index contributed by atoms with van der Waals surface area (Å²) in [5, 5.41) is 6.38. The van der Waals surface area contributed by atoms with Crippen LogP contribution in [-0.2, 0) is 16.1 Å². The Balaban J connectivity index is 0.00000320. The van der Waals surface area contributed by atoms with Crippen molar-refractivity contribution in [2.75, 3.05) is 19.6 Å². The average molecular weight is 430 g/mol. The first kappa shape index (κ1) is 23.9. The molecule has 0 bridgehead atoms. The summed E-state index contributed by atoms with van der Waals surface area (Å²) < 4.78 is 0. The summed E-state index contributed by atoms with van der Waals surface area (Å²) in [6.45, 7) is 4.95. The minimum atomic E-state index is -0.249. The van der Waals surface area contributed by atoms with Gasteiger partial charge in [0.1, 0.15) is 0 Å². The van der Waals surface area contributed by atoms with Crippen molar-refractivity contribution in [2.24, 2.45) is 5.92 Å². The lowest BCUT2D eigenvalue weighted by Gasteiger charge is -2.41. The number of carbonyl (C=O) groups is 2. The molecule has 0 spiro atoms. The molecule has 1 aliphatic rings. The summed E-state index contributed by atoms with van der Waals surface area (Å²) in [5.41, 5.74) is 2.09. The molecule has 0 aromatic heterocycles. The number of halogens is 1. The van der Waals surface area contributed by atoms with Crippen LogP contribution >= 0.6 is 12.4 Å². The van der Waals surface area contributed by atoms with Gasteiger partial charge in [0.2, 0.25) is 11.8 Å². The molecule has 2 aromatic rings. The van der Waals surface area contributed by atoms with Crippen LogP contribution in [0.5, 0.6) is 0 Å². The molecular weight excluding hydrogens is 398 g/mol. The molecule has 2 unspecified atom stereocenters. The molecule has 1 aliphatic heterocycles. The Morgan fingerprint density at radius 3 is 2.33 bits per heavy atom. The highest BCUT2D eigenvalue weighted by atomic mass is 35.5. The molecule has 2 aromatic carbocycles. The highest BCUT2D eigenvalue weighted by Crippen LogP contribution is 2.37. The SMILES string of the molecule is CCCNCCNC(=O)C1CCC(=O)N(Cc2ccccc2)C1c1ccccc1.Cl. The number of hydrogen-bond acceptors (Lipinski definition) is 3. The van der Waals surface area contributed by atoms with E-state index in [9.17, 15) is 9.59 Å². The maximum atomic E-state index is 13.0. The van der Waals surface area contributed by atoms with Gasteiger partial charge in [-0.25, -0.2) is 0 Å². The molecule has 0 aliphatic carbocycles. The molecule has 5 nitrogen and oxygen atoms in total. The van der Waals surface area contributed by atoms with Crippen molar-refractivity contribution < 1.29 is 9.59 Å². The fourth-order valence-corrected chi connectivity index (χ4v) is 3.96. The Kier molecular flexibility index (Phi) is 9.84. The maximum Gasteiger partial charge on any atom is 0.225 e. The topological polar surface area (TPSA) is 61.4 Å². The van der Waals surface area contributed by atoms with Crippen LogP contribution in [0, 0.1) is 5.92 Å². The van der Waals surface area contributed by atoms with E-state index in [1.807, 2.05) is 65.6 Å². The molecule has 30 heavy (non-hydrogen) atoms. The number of rotatable bonds is 9. The van der Waals surface area contributed by atoms with Crippen molar-refractivity contribution in [2.45, 2.75) is 38.8 Å². The molecule has 1 heterocycles. The Morgan fingerprint density at radius 1 is 1.00 bits per heavy atom. The number of hydrogen-bond donors (Lipinski definition) is 2. The number of nitrogens with one attached hydrogen (secondary N) is 2. The summed E-state index contributed by atoms with van der Waals surface area (Å²) in [5.74, 6) is -0.107. The summed E-state index contributed by atoms with van der Waals surface area (Å²) in [6.07, 6.45) is 2.06. The fraction of sp³-hybridized carbons (Fsp3) is 0.417. The van der Waals surface area contributed by atoms with Gasteiger partial charge < -0.3 is 15.5 Å². The van der Waals surface area contributed by atoms with E-state index in [2.05, 4.69) is 17.6 Å². The summed E-state index contributed by atoms with van der Waals surface area (Å²) in [6, 6.07) is 19.7. The van der Waals surface area contributed by atoms with Gasteiger partial charge in [0, 0.05) is 26.1 Å². The van der Waals surface area contributed by atoms with E-state index in [0.717, 1.165) is 30.6 Å². The van der Waals surface area contributed by atoms with Crippen LogP contribution in [0.2, 0.25) is 0 Å². The van der Waals surface area contributed by atoms with E-state index in [1.165, 1.54) is 0 Å². The minimum absolute atomic E-state index is 0. The zero-order valence-electron chi connectivity index (χ0n) is 17.5. The van der Waals surface area contributed by atoms with Crippen molar-refractivity contribution in [1.82, 2.24) is 15.5 Å². The second-order valence-corrected chi connectivity index (χ2v) is 7.55. The second-order valence-electron chi connectivity index (χ2n) is 7.55. The maximum absolute atomic E-state index is 13.0. The van der Waals surface area contributed by atoms with Crippen molar-refractivity contribution in [3.05, 3.63) is 71.8 Å². The monoisotopic (exact) mass is 429 g/mol. The lowest BCUT2D eigenvalue weighted by atomic mass is 9.83. The van der Waals surface area contributed by atoms with Crippen molar-refractivity contribution in [3.8, 4) is 0 Å². The van der Waals surface area contributed by atoms with E-state index in [0.29, 0.717) is 25.9 Å². The van der Waals surface area contributed by atoms with Crippen molar-refractivity contribution >= 4 is 24.2 Å². The van der Waals surface area contributed by atoms with E-state index in [4.69, 9.17) is 0 Å². The largest absolute Gasteiger partial charge is 0.355 e. The quantitative estimate of drug-likeness (QED) is 0.597. The van der Waals surface area contributed by atoms with Crippen LogP contribution in [0.15, 0.2) is 60.7 Å². The van der Waals surface area contributed by atoms with Gasteiger partial charge in [0.15, 0.2) is 0 Å². The summed E-state index contributed by atoms with van der Waals surface area (Å²) in [7, 11) is 0. The molecular formula is C24H32ClN3O2. The van der Waals surface area contributed by atoms with Gasteiger partial charge in [-0.05, 0) is 30.5 Å². The number of likely N-dealkylation sites (tertiary alicyclic amines) is 1. The molecule has 2 amide bonds. The van der Waals surface area contributed by atoms with Crippen LogP contribution in [0.4, 0.5) is 0 Å². The first-order valence-electron chi connectivity index (χ1n) is 10.6. The molecule has 2 N–H and O–H groups in total. The third kappa shape index (κ3) is 6.31. The molecule has 0 radical (unpaired) electrons. The Hall–Kier alpha value is -2.37. The van der Waals surface area contributed by atoms with Crippen molar-refractivity contribution in [3.63, 3.8) is 0 Å². The Morgan fingerprint density at radius 2 is 1.67 bits per heavy atom. The van der Waals surface area contributed by atoms with E-state index >= 15 is 0 Å². The lowest BCUT2D eigenvalue weighted by Crippen LogP contribution is -2.48. The van der Waals surface area contributed by atoms with Crippen LogP contribution in [0.25, 0.3) is 0 Å². The zero-order chi connectivity index (χ0) is 20.5. The van der Waals surface area contributed by atoms with Gasteiger partial charge in [-0.15, -0.1) is 12.4 Å². The molecule has 0 saturated carbocycles. The van der Waals surface area contributed by atoms with Gasteiger partial charge in [0.05, 0.1) is 12.0 Å². The highest BCUT2D eigenvalue weighted by molar-refractivity contribution is 5.85. The minimum Gasteiger partial charge on any atom is -0.355 e. The van der Waals surface area contributed by atoms with Crippen LogP contribution in [0.1, 0.15) is 43.4 Å². The second kappa shape index (κ2) is 12.4. The van der Waals surface area contributed by atoms with E-state index in [-0.39, 0.29) is 36.2 Å². The van der Waals surface area contributed by atoms with Gasteiger partial charge in [0.25, 0.3) is 0 Å². The summed E-state index contributed by atoms with van der Waals surface area (Å²) >= 11 is 0. The van der Waals surface area contributed by atoms with Crippen LogP contribution < -0.4 is 10.6 Å². The molecule has 6 heteroatoms. The molecule has 3 rings (SSSR count). The molecule has 162 valence electrons. The Labute approximate surface area is 185 Å². The van der Waals surface area contributed by atoms with Crippen LogP contribution in [-0.4, -0.2) is 36.3 Å². The first-order valence-corrected chi connectivity index (χ1v) is 10.6. The average Bonchev–Trinajstić information content (AvgIpc) is 2.76. The summed E-state index contributed by atoms with van der Waals surface area (Å²) in [4.78, 5) is 27.8. The standard InChI is InChI=1S/C24H31N3O2.ClH/c1-2-15-25-16-17-26-24(29)21-13-14-22(28)27(18-19-9-5-3-6-10-19)23(21)20-11-7-4-8-12-20;/h3-12,21,23,25H,2,13-18H2,1H3,(H,26,29);1H. The van der Waals surface area contributed by atoms with Crippen LogP contribution in [0.3, 0.4) is 0 Å². The van der Waals surface area contributed by atoms with Gasteiger partial charge in [-0.3, -0.25) is 9.59 Å². The first-order chi connectivity index (χ1) is 14.2. The number of piperidine rings is 1. The smallest absolute Gasteiger partial charge is 0.225 e. The fourth-order valence-electron chi connectivity index (χ4n) is 3.96. The lowest BCUT2D eigenvalue weighted by molar-refractivity contribution is -0.144. The zero-order valence-corrected chi connectivity index (χ0v) is 18.4. The van der Waals surface area contributed by atoms with Crippen molar-refractivity contribution in [1.29, 1.82) is 0 Å². The Bertz CT molecular complexity index is 786. The third-order valence-corrected chi connectivity index (χ3v) is 5.41. The number of amides is 2. The third-order valence-electron chi connectivity index (χ3n) is 5.41. The van der Waals surface area contributed by atoms with Gasteiger partial charge in [-0.2, -0.15) is 0 Å². The molecule has 2 atom stereocenters. The predicted octanol–water partition coefficient (Wildman–Crippen LogP) is 3.70. The van der Waals surface area contributed by atoms with E-state index < -0.39 is 0 Å².